The molecule has 1 aromatic carbocycles. The normalized spacial score (nSPS) is 22.1. The maximum absolute atomic E-state index is 13.5. The van der Waals surface area contributed by atoms with Gasteiger partial charge in [-0.1, -0.05) is 0 Å². The van der Waals surface area contributed by atoms with Crippen LogP contribution in [0.1, 0.15) is 30.9 Å². The van der Waals surface area contributed by atoms with Crippen molar-refractivity contribution in [3.05, 3.63) is 23.0 Å². The topological polar surface area (TPSA) is 81.4 Å². The van der Waals surface area contributed by atoms with Crippen molar-refractivity contribution in [2.45, 2.75) is 50.7 Å². The number of hydrogen-bond donors (Lipinski definition) is 2. The van der Waals surface area contributed by atoms with Crippen LogP contribution in [0.2, 0.25) is 0 Å². The summed E-state index contributed by atoms with van der Waals surface area (Å²) in [5.74, 6) is -0.594. The number of sulfonamides is 1. The molecular formula is C14H21FN2O3S. The second-order valence-corrected chi connectivity index (χ2v) is 7.06. The molecule has 21 heavy (non-hydrogen) atoms. The quantitative estimate of drug-likeness (QED) is 0.813. The molecule has 0 aromatic heterocycles. The zero-order valence-electron chi connectivity index (χ0n) is 12.4. The van der Waals surface area contributed by atoms with Crippen molar-refractivity contribution >= 4 is 15.7 Å². The highest BCUT2D eigenvalue weighted by molar-refractivity contribution is 7.89. The smallest absolute Gasteiger partial charge is 0.241 e. The third-order valence-electron chi connectivity index (χ3n) is 3.79. The first-order valence-corrected chi connectivity index (χ1v) is 8.43. The van der Waals surface area contributed by atoms with Crippen molar-refractivity contribution in [2.24, 2.45) is 0 Å². The molecule has 0 unspecified atom stereocenters. The van der Waals surface area contributed by atoms with Gasteiger partial charge >= 0.3 is 0 Å². The third kappa shape index (κ3) is 3.20. The second-order valence-electron chi connectivity index (χ2n) is 5.41. The van der Waals surface area contributed by atoms with Crippen LogP contribution in [0.15, 0.2) is 11.0 Å². The van der Waals surface area contributed by atoms with Gasteiger partial charge in [-0.05, 0) is 50.8 Å². The van der Waals surface area contributed by atoms with Crippen LogP contribution >= 0.6 is 0 Å². The van der Waals surface area contributed by atoms with E-state index >= 15 is 0 Å². The Labute approximate surface area is 124 Å². The number of nitrogen functional groups attached to an aromatic ring is 1. The number of rotatable bonds is 5. The number of halogens is 1. The molecule has 0 heterocycles. The van der Waals surface area contributed by atoms with E-state index < -0.39 is 15.8 Å². The maximum Gasteiger partial charge on any atom is 0.241 e. The molecule has 0 radical (unpaired) electrons. The summed E-state index contributed by atoms with van der Waals surface area (Å²) in [4.78, 5) is 0.0706. The number of nitrogens with one attached hydrogen (secondary N) is 1. The molecule has 7 heteroatoms. The number of nitrogens with two attached hydrogens (primary N) is 1. The molecule has 0 atom stereocenters. The summed E-state index contributed by atoms with van der Waals surface area (Å²) in [6, 6.07) is 1.01. The summed E-state index contributed by atoms with van der Waals surface area (Å²) in [5, 5.41) is 0. The van der Waals surface area contributed by atoms with Gasteiger partial charge in [0.2, 0.25) is 10.0 Å². The monoisotopic (exact) mass is 316 g/mol. The van der Waals surface area contributed by atoms with E-state index in [1.165, 1.54) is 6.92 Å². The number of aryl methyl sites for hydroxylation is 1. The molecule has 1 saturated carbocycles. The van der Waals surface area contributed by atoms with Gasteiger partial charge < -0.3 is 10.5 Å². The van der Waals surface area contributed by atoms with Crippen molar-refractivity contribution in [2.75, 3.05) is 12.3 Å². The highest BCUT2D eigenvalue weighted by Gasteiger charge is 2.34. The molecule has 0 amide bonds. The van der Waals surface area contributed by atoms with Gasteiger partial charge in [0, 0.05) is 12.6 Å². The van der Waals surface area contributed by atoms with Gasteiger partial charge in [0.1, 0.15) is 5.82 Å². The Morgan fingerprint density at radius 3 is 2.62 bits per heavy atom. The first-order chi connectivity index (χ1) is 9.76. The van der Waals surface area contributed by atoms with E-state index in [2.05, 4.69) is 4.72 Å². The van der Waals surface area contributed by atoms with Gasteiger partial charge in [-0.25, -0.2) is 17.5 Å². The Kier molecular flexibility index (Phi) is 4.55. The summed E-state index contributed by atoms with van der Waals surface area (Å²) in [6.45, 7) is 5.61. The van der Waals surface area contributed by atoms with E-state index in [4.69, 9.17) is 10.5 Å². The molecule has 2 rings (SSSR count). The van der Waals surface area contributed by atoms with Crippen LogP contribution in [0.5, 0.6) is 0 Å². The van der Waals surface area contributed by atoms with E-state index in [0.717, 1.165) is 6.07 Å². The summed E-state index contributed by atoms with van der Waals surface area (Å²) in [6.07, 6.45) is 1.42. The van der Waals surface area contributed by atoms with Crippen molar-refractivity contribution in [3.63, 3.8) is 0 Å². The molecule has 0 bridgehead atoms. The van der Waals surface area contributed by atoms with Crippen LogP contribution in [0.3, 0.4) is 0 Å². The summed E-state index contributed by atoms with van der Waals surface area (Å²) >= 11 is 0. The lowest BCUT2D eigenvalue weighted by Crippen LogP contribution is -2.47. The van der Waals surface area contributed by atoms with E-state index in [1.807, 2.05) is 6.92 Å². The van der Waals surface area contributed by atoms with Crippen LogP contribution in [-0.2, 0) is 14.8 Å². The van der Waals surface area contributed by atoms with Crippen LogP contribution in [0, 0.1) is 19.7 Å². The first-order valence-electron chi connectivity index (χ1n) is 6.95. The zero-order chi connectivity index (χ0) is 15.8. The van der Waals surface area contributed by atoms with Gasteiger partial charge in [-0.2, -0.15) is 0 Å². The van der Waals surface area contributed by atoms with E-state index in [9.17, 15) is 12.8 Å². The van der Waals surface area contributed by atoms with Gasteiger partial charge in [0.15, 0.2) is 0 Å². The Balaban J connectivity index is 2.20. The predicted molar refractivity (Wildman–Crippen MR) is 79.0 cm³/mol. The fourth-order valence-corrected chi connectivity index (χ4v) is 4.40. The second kappa shape index (κ2) is 5.90. The summed E-state index contributed by atoms with van der Waals surface area (Å²) in [5.41, 5.74) is 6.08. The van der Waals surface area contributed by atoms with Crippen LogP contribution < -0.4 is 10.5 Å². The van der Waals surface area contributed by atoms with E-state index in [1.54, 1.807) is 6.92 Å². The van der Waals surface area contributed by atoms with Crippen molar-refractivity contribution in [1.82, 2.24) is 4.72 Å². The predicted octanol–water partition coefficient (Wildman–Crippen LogP) is 1.87. The number of hydrogen-bond acceptors (Lipinski definition) is 4. The van der Waals surface area contributed by atoms with Crippen LogP contribution in [-0.4, -0.2) is 27.2 Å². The molecule has 1 aliphatic rings. The Hall–Kier alpha value is -1.18. The average molecular weight is 316 g/mol. The number of anilines is 1. The molecule has 0 saturated heterocycles. The zero-order valence-corrected chi connectivity index (χ0v) is 13.3. The lowest BCUT2D eigenvalue weighted by atomic mass is 9.90. The molecule has 1 aliphatic carbocycles. The molecule has 5 nitrogen and oxygen atoms in total. The first kappa shape index (κ1) is 16.2. The minimum atomic E-state index is -3.71. The van der Waals surface area contributed by atoms with Gasteiger partial charge in [0.05, 0.1) is 16.7 Å². The van der Waals surface area contributed by atoms with Crippen LogP contribution in [0.4, 0.5) is 10.1 Å². The van der Waals surface area contributed by atoms with Gasteiger partial charge in [0.25, 0.3) is 0 Å². The third-order valence-corrected chi connectivity index (χ3v) is 5.60. The van der Waals surface area contributed by atoms with Gasteiger partial charge in [-0.15, -0.1) is 0 Å². The lowest BCUT2D eigenvalue weighted by Gasteiger charge is -2.35. The van der Waals surface area contributed by atoms with Crippen molar-refractivity contribution in [1.29, 1.82) is 0 Å². The maximum atomic E-state index is 13.5. The standard InChI is InChI=1S/C14H21FN2O3S/c1-4-20-11-6-10(7-11)17-21(18,19)14-8(2)5-12(15)13(16)9(14)3/h5,10-11,17H,4,6-7,16H2,1-3H3. The molecule has 1 aromatic rings. The Bertz CT molecular complexity index is 640. The minimum absolute atomic E-state index is 0.0706. The van der Waals surface area contributed by atoms with Gasteiger partial charge in [-0.3, -0.25) is 0 Å². The minimum Gasteiger partial charge on any atom is -0.396 e. The lowest BCUT2D eigenvalue weighted by molar-refractivity contribution is -0.00476. The molecule has 118 valence electrons. The highest BCUT2D eigenvalue weighted by atomic mass is 32.2. The van der Waals surface area contributed by atoms with Crippen molar-refractivity contribution < 1.29 is 17.5 Å². The number of benzene rings is 1. The average Bonchev–Trinajstić information content (AvgIpc) is 2.33. The Morgan fingerprint density at radius 1 is 1.43 bits per heavy atom. The largest absolute Gasteiger partial charge is 0.396 e. The molecular weight excluding hydrogens is 295 g/mol. The molecule has 0 aliphatic heterocycles. The SMILES string of the molecule is CCOC1CC(NS(=O)(=O)c2c(C)cc(F)c(N)c2C)C1. The van der Waals surface area contributed by atoms with E-state index in [-0.39, 0.29) is 28.3 Å². The summed E-state index contributed by atoms with van der Waals surface area (Å²) in [7, 11) is -3.71. The molecule has 0 spiro atoms. The highest BCUT2D eigenvalue weighted by Crippen LogP contribution is 2.30. The van der Waals surface area contributed by atoms with Crippen LogP contribution in [0.25, 0.3) is 0 Å². The Morgan fingerprint density at radius 2 is 2.05 bits per heavy atom. The fourth-order valence-electron chi connectivity index (χ4n) is 2.66. The fraction of sp³-hybridized carbons (Fsp3) is 0.571. The van der Waals surface area contributed by atoms with Crippen molar-refractivity contribution in [3.8, 4) is 0 Å². The number of ether oxygens (including phenoxy) is 1. The molecule has 1 fully saturated rings. The van der Waals surface area contributed by atoms with E-state index in [0.29, 0.717) is 25.0 Å². The summed E-state index contributed by atoms with van der Waals surface area (Å²) < 4.78 is 46.5. The molecule has 3 N–H and O–H groups in total.